The monoisotopic (exact) mass is 804 g/mol. The highest BCUT2D eigenvalue weighted by molar-refractivity contribution is 8.01. The van der Waals surface area contributed by atoms with Crippen LogP contribution >= 0.6 is 11.8 Å². The topological polar surface area (TPSA) is 162 Å². The van der Waals surface area contributed by atoms with Crippen LogP contribution in [0, 0.1) is 11.8 Å². The molecule has 14 heteroatoms. The van der Waals surface area contributed by atoms with Crippen molar-refractivity contribution in [2.45, 2.75) is 165 Å². The number of hydrogen-bond acceptors (Lipinski definition) is 10. The molecule has 0 radical (unpaired) electrons. The Morgan fingerprint density at radius 1 is 0.982 bits per heavy atom. The smallest absolute Gasteiger partial charge is 0.243 e. The highest BCUT2D eigenvalue weighted by Crippen LogP contribution is 2.37. The normalized spacial score (nSPS) is 28.8. The molecule has 0 bridgehead atoms. The van der Waals surface area contributed by atoms with Gasteiger partial charge in [0.1, 0.15) is 6.04 Å². The van der Waals surface area contributed by atoms with Gasteiger partial charge in [0.05, 0.1) is 55.0 Å². The Labute approximate surface area is 338 Å². The maximum atomic E-state index is 13.0. The summed E-state index contributed by atoms with van der Waals surface area (Å²) in [5.74, 6) is -1.69. The van der Waals surface area contributed by atoms with E-state index in [4.69, 9.17) is 18.9 Å². The molecule has 2 unspecified atom stereocenters. The van der Waals surface area contributed by atoms with Crippen LogP contribution < -0.4 is 16.0 Å². The van der Waals surface area contributed by atoms with Crippen molar-refractivity contribution in [1.82, 2.24) is 20.9 Å². The molecule has 4 fully saturated rings. The highest BCUT2D eigenvalue weighted by atomic mass is 32.2. The van der Waals surface area contributed by atoms with Crippen LogP contribution in [0.1, 0.15) is 112 Å². The summed E-state index contributed by atoms with van der Waals surface area (Å²) in [6.45, 7) is 19.4. The second kappa shape index (κ2) is 22.4. The maximum Gasteiger partial charge on any atom is 0.243 e. The quantitative estimate of drug-likeness (QED) is 0.0801. The lowest BCUT2D eigenvalue weighted by Gasteiger charge is -2.37. The summed E-state index contributed by atoms with van der Waals surface area (Å²) in [5, 5.41) is 8.10. The van der Waals surface area contributed by atoms with Gasteiger partial charge in [-0.1, -0.05) is 47.8 Å². The number of ether oxygens (including phenoxy) is 4. The first-order valence-electron chi connectivity index (χ1n) is 20.9. The third-order valence-corrected chi connectivity index (χ3v) is 13.5. The molecule has 0 spiro atoms. The third-order valence-electron chi connectivity index (χ3n) is 11.7. The minimum absolute atomic E-state index is 0.0179. The Morgan fingerprint density at radius 2 is 1.73 bits per heavy atom. The summed E-state index contributed by atoms with van der Waals surface area (Å²) < 4.78 is 24.7. The molecule has 4 aliphatic rings. The number of thioether (sulfide) groups is 1. The molecule has 0 aromatic carbocycles. The van der Waals surface area contributed by atoms with Crippen LogP contribution in [0.25, 0.3) is 0 Å². The summed E-state index contributed by atoms with van der Waals surface area (Å²) in [5.41, 5.74) is 2.30. The Balaban J connectivity index is 1.13. The number of nitrogens with one attached hydrogen (secondary N) is 3. The zero-order valence-corrected chi connectivity index (χ0v) is 35.4. The second-order valence-corrected chi connectivity index (χ2v) is 17.8. The molecule has 0 aromatic heterocycles. The molecular formula is C42H68N4O9S. The Hall–Kier alpha value is -2.78. The SMILES string of the molecule is C=C1CCO[C@H]1CC[C@H]1C[C@@H](C)C(=C)[C@@H](C[C@H]2C[C@@H](OC)[C@@H](CCCNC(=O)CNC(=O)C(NC(=O)CCN3C(=O)CC(SC(CC)CC)C3=O)C(C)C)O2)O1. The van der Waals surface area contributed by atoms with Gasteiger partial charge >= 0.3 is 0 Å². The molecule has 316 valence electrons. The van der Waals surface area contributed by atoms with Crippen LogP contribution in [0.15, 0.2) is 24.3 Å². The average molecular weight is 805 g/mol. The number of carbonyl (C=O) groups excluding carboxylic acids is 5. The molecule has 4 saturated heterocycles. The number of hydrogen-bond donors (Lipinski definition) is 3. The molecular weight excluding hydrogens is 737 g/mol. The number of likely N-dealkylation sites (tertiary alicyclic amines) is 1. The molecule has 4 heterocycles. The Morgan fingerprint density at radius 3 is 2.39 bits per heavy atom. The lowest BCUT2D eigenvalue weighted by molar-refractivity contribution is -0.139. The van der Waals surface area contributed by atoms with Gasteiger partial charge in [-0.3, -0.25) is 28.9 Å². The van der Waals surface area contributed by atoms with Gasteiger partial charge in [-0.05, 0) is 74.3 Å². The number of imide groups is 1. The lowest BCUT2D eigenvalue weighted by atomic mass is 9.85. The molecule has 13 nitrogen and oxygen atoms in total. The van der Waals surface area contributed by atoms with Crippen LogP contribution in [0.3, 0.4) is 0 Å². The van der Waals surface area contributed by atoms with Crippen molar-refractivity contribution in [3.05, 3.63) is 24.3 Å². The van der Waals surface area contributed by atoms with Gasteiger partial charge in [0, 0.05) is 51.1 Å². The van der Waals surface area contributed by atoms with Gasteiger partial charge in [-0.25, -0.2) is 0 Å². The van der Waals surface area contributed by atoms with E-state index in [1.807, 2.05) is 0 Å². The first-order valence-corrected chi connectivity index (χ1v) is 21.8. The predicted octanol–water partition coefficient (Wildman–Crippen LogP) is 4.62. The minimum atomic E-state index is -0.880. The maximum absolute atomic E-state index is 13.0. The van der Waals surface area contributed by atoms with Crippen LogP contribution in [-0.2, 0) is 42.9 Å². The molecule has 5 amide bonds. The highest BCUT2D eigenvalue weighted by Gasteiger charge is 2.41. The second-order valence-electron chi connectivity index (χ2n) is 16.2. The summed E-state index contributed by atoms with van der Waals surface area (Å²) in [7, 11) is 1.70. The number of carbonyl (C=O) groups is 5. The van der Waals surface area contributed by atoms with E-state index >= 15 is 0 Å². The largest absolute Gasteiger partial charge is 0.379 e. The fourth-order valence-electron chi connectivity index (χ4n) is 8.13. The number of rotatable bonds is 22. The Bertz CT molecular complexity index is 1390. The number of amides is 5. The average Bonchev–Trinajstić information content (AvgIpc) is 3.85. The lowest BCUT2D eigenvalue weighted by Crippen LogP contribution is -2.52. The minimum Gasteiger partial charge on any atom is -0.379 e. The molecule has 0 saturated carbocycles. The first-order chi connectivity index (χ1) is 26.7. The first kappa shape index (κ1) is 45.9. The molecule has 0 aliphatic carbocycles. The molecule has 9 atom stereocenters. The predicted molar refractivity (Wildman–Crippen MR) is 217 cm³/mol. The van der Waals surface area contributed by atoms with E-state index < -0.39 is 23.1 Å². The summed E-state index contributed by atoms with van der Waals surface area (Å²) in [6, 6.07) is -0.880. The van der Waals surface area contributed by atoms with E-state index in [9.17, 15) is 24.0 Å². The zero-order valence-electron chi connectivity index (χ0n) is 34.6. The Kier molecular flexibility index (Phi) is 18.4. The summed E-state index contributed by atoms with van der Waals surface area (Å²) in [4.78, 5) is 65.0. The van der Waals surface area contributed by atoms with E-state index in [1.165, 1.54) is 17.3 Å². The number of nitrogens with zero attached hydrogens (tertiary/aromatic N) is 1. The van der Waals surface area contributed by atoms with E-state index in [1.54, 1.807) is 21.0 Å². The fraction of sp³-hybridized carbons (Fsp3) is 0.786. The molecule has 3 N–H and O–H groups in total. The zero-order chi connectivity index (χ0) is 40.9. The van der Waals surface area contributed by atoms with Crippen LogP contribution in [0.5, 0.6) is 0 Å². The summed E-state index contributed by atoms with van der Waals surface area (Å²) >= 11 is 1.53. The molecule has 56 heavy (non-hydrogen) atoms. The van der Waals surface area contributed by atoms with Gasteiger partial charge in [-0.2, -0.15) is 0 Å². The van der Waals surface area contributed by atoms with E-state index in [0.717, 1.165) is 68.4 Å². The van der Waals surface area contributed by atoms with Gasteiger partial charge < -0.3 is 34.9 Å². The standard InChI is InChI=1S/C42H68N4O9S/c1-9-31(10-2)56-36-23-39(49)46(42(36)51)18-15-37(47)45-40(25(3)4)41(50)44-24-38(48)43-17-11-12-33-35(52-8)22-30(55-33)21-34-28(7)27(6)20-29(54-34)13-14-32-26(5)16-19-53-32/h25,27,29-36,40H,5,7,9-24H2,1-4,6,8H3,(H,43,48)(H,44,50)(H,45,47)/t27-,29+,30+,32+,33-,34-,35-,36?,40?/m1/s1. The van der Waals surface area contributed by atoms with Crippen LogP contribution in [0.2, 0.25) is 0 Å². The molecule has 4 aliphatic heterocycles. The van der Waals surface area contributed by atoms with Crippen molar-refractivity contribution in [2.75, 3.05) is 33.4 Å². The third kappa shape index (κ3) is 13.1. The van der Waals surface area contributed by atoms with Gasteiger partial charge in [0.15, 0.2) is 0 Å². The van der Waals surface area contributed by atoms with E-state index in [0.29, 0.717) is 30.6 Å². The van der Waals surface area contributed by atoms with Crippen molar-refractivity contribution in [3.8, 4) is 0 Å². The number of methoxy groups -OCH3 is 1. The van der Waals surface area contributed by atoms with Crippen molar-refractivity contribution < 1.29 is 42.9 Å². The fourth-order valence-corrected chi connectivity index (χ4v) is 9.46. The van der Waals surface area contributed by atoms with Crippen molar-refractivity contribution in [3.63, 3.8) is 0 Å². The van der Waals surface area contributed by atoms with Gasteiger partial charge in [0.2, 0.25) is 29.5 Å². The summed E-state index contributed by atoms with van der Waals surface area (Å²) in [6.07, 6.45) is 8.52. The van der Waals surface area contributed by atoms with Gasteiger partial charge in [0.25, 0.3) is 0 Å². The van der Waals surface area contributed by atoms with E-state index in [-0.39, 0.29) is 86.2 Å². The molecule has 0 aromatic rings. The van der Waals surface area contributed by atoms with Crippen molar-refractivity contribution in [2.24, 2.45) is 11.8 Å². The van der Waals surface area contributed by atoms with Gasteiger partial charge in [-0.15, -0.1) is 11.8 Å². The van der Waals surface area contributed by atoms with Crippen LogP contribution in [0.4, 0.5) is 0 Å². The molecule has 4 rings (SSSR count). The van der Waals surface area contributed by atoms with Crippen LogP contribution in [-0.4, -0.2) is 121 Å². The van der Waals surface area contributed by atoms with Crippen molar-refractivity contribution in [1.29, 1.82) is 0 Å². The van der Waals surface area contributed by atoms with Crippen molar-refractivity contribution >= 4 is 41.3 Å². The van der Waals surface area contributed by atoms with E-state index in [2.05, 4.69) is 49.9 Å².